The maximum atomic E-state index is 13.5. The van der Waals surface area contributed by atoms with Crippen LogP contribution in [0.5, 0.6) is 5.75 Å². The van der Waals surface area contributed by atoms with E-state index >= 15 is 0 Å². The first-order valence-electron chi connectivity index (χ1n) is 11.1. The van der Waals surface area contributed by atoms with Gasteiger partial charge in [-0.1, -0.05) is 11.6 Å². The molecule has 3 saturated carbocycles. The molecular formula is C22H28ClFN6O3. The van der Waals surface area contributed by atoms with E-state index in [0.29, 0.717) is 25.7 Å². The van der Waals surface area contributed by atoms with Gasteiger partial charge in [0.15, 0.2) is 6.61 Å². The number of hydrogen-bond acceptors (Lipinski definition) is 7. The van der Waals surface area contributed by atoms with E-state index in [1.54, 1.807) is 0 Å². The molecule has 2 amide bonds. The van der Waals surface area contributed by atoms with Crippen LogP contribution in [-0.4, -0.2) is 71.9 Å². The Morgan fingerprint density at radius 1 is 1.27 bits per heavy atom. The molecule has 2 heterocycles. The van der Waals surface area contributed by atoms with Crippen LogP contribution in [0.25, 0.3) is 0 Å². The van der Waals surface area contributed by atoms with Gasteiger partial charge in [-0.2, -0.15) is 0 Å². The average Bonchev–Trinajstić information content (AvgIpc) is 3.27. The lowest BCUT2D eigenvalue weighted by Gasteiger charge is -2.70. The molecule has 6 rings (SSSR count). The summed E-state index contributed by atoms with van der Waals surface area (Å²) < 4.78 is 18.9. The monoisotopic (exact) mass is 478 g/mol. The van der Waals surface area contributed by atoms with Crippen molar-refractivity contribution < 1.29 is 18.7 Å². The largest absolute Gasteiger partial charge is 0.484 e. The molecule has 4 N–H and O–H groups in total. The van der Waals surface area contributed by atoms with Crippen molar-refractivity contribution >= 4 is 23.4 Å². The number of carbonyl (C=O) groups is 2. The molecule has 2 unspecified atom stereocenters. The third-order valence-corrected chi connectivity index (χ3v) is 7.28. The van der Waals surface area contributed by atoms with Gasteiger partial charge in [0.25, 0.3) is 5.91 Å². The molecule has 1 saturated heterocycles. The molecule has 1 aromatic carbocycles. The van der Waals surface area contributed by atoms with Crippen LogP contribution in [0.2, 0.25) is 5.02 Å². The van der Waals surface area contributed by atoms with Gasteiger partial charge in [0.2, 0.25) is 5.91 Å². The second-order valence-electron chi connectivity index (χ2n) is 9.53. The summed E-state index contributed by atoms with van der Waals surface area (Å²) in [6, 6.07) is 3.97. The number of halogens is 2. The molecule has 0 spiro atoms. The van der Waals surface area contributed by atoms with E-state index < -0.39 is 5.82 Å². The molecule has 0 aromatic heterocycles. The standard InChI is InChI=1S/C22H28ClFN6O3/c1-29-5-4-14(30-13-25-12-26-30)6-18(29)20(32)28-22-9-21(10-22,11-22)27-19(31)8-33-15-2-3-16(23)17(24)7-15/h2-5,7,14,18,25-26H,6,8-13H2,1H3,(H,27,31)(H,28,32). The van der Waals surface area contributed by atoms with Gasteiger partial charge in [-0.05, 0) is 50.1 Å². The summed E-state index contributed by atoms with van der Waals surface area (Å²) in [4.78, 5) is 27.3. The van der Waals surface area contributed by atoms with Crippen LogP contribution >= 0.6 is 11.6 Å². The quantitative estimate of drug-likeness (QED) is 0.457. The Morgan fingerprint density at radius 3 is 2.73 bits per heavy atom. The van der Waals surface area contributed by atoms with E-state index in [9.17, 15) is 14.0 Å². The average molecular weight is 479 g/mol. The molecule has 33 heavy (non-hydrogen) atoms. The second-order valence-corrected chi connectivity index (χ2v) is 9.94. The van der Waals surface area contributed by atoms with Gasteiger partial charge in [0, 0.05) is 30.2 Å². The van der Waals surface area contributed by atoms with Crippen LogP contribution in [0, 0.1) is 5.82 Å². The Bertz CT molecular complexity index is 965. The van der Waals surface area contributed by atoms with Crippen LogP contribution in [0.1, 0.15) is 25.7 Å². The van der Waals surface area contributed by atoms with Crippen molar-refractivity contribution in [3.05, 3.63) is 41.3 Å². The minimum Gasteiger partial charge on any atom is -0.484 e. The predicted molar refractivity (Wildman–Crippen MR) is 119 cm³/mol. The van der Waals surface area contributed by atoms with E-state index in [1.165, 1.54) is 12.1 Å². The Kier molecular flexibility index (Phi) is 5.72. The van der Waals surface area contributed by atoms with Crippen LogP contribution < -0.4 is 26.1 Å². The molecule has 11 heteroatoms. The zero-order valence-corrected chi connectivity index (χ0v) is 19.1. The molecule has 178 valence electrons. The van der Waals surface area contributed by atoms with Gasteiger partial charge in [0.05, 0.1) is 18.4 Å². The van der Waals surface area contributed by atoms with Crippen molar-refractivity contribution in [3.8, 4) is 5.75 Å². The summed E-state index contributed by atoms with van der Waals surface area (Å²) in [5.41, 5.74) is 2.75. The number of benzene rings is 1. The molecule has 0 radical (unpaired) electrons. The van der Waals surface area contributed by atoms with Crippen molar-refractivity contribution in [2.75, 3.05) is 27.0 Å². The molecule has 3 aliphatic carbocycles. The fourth-order valence-electron chi connectivity index (χ4n) is 5.40. The van der Waals surface area contributed by atoms with E-state index in [4.69, 9.17) is 16.3 Å². The highest BCUT2D eigenvalue weighted by atomic mass is 35.5. The van der Waals surface area contributed by atoms with Gasteiger partial charge in [-0.25, -0.2) is 14.8 Å². The third kappa shape index (κ3) is 4.40. The minimum atomic E-state index is -0.592. The lowest BCUT2D eigenvalue weighted by molar-refractivity contribution is -0.152. The molecular weight excluding hydrogens is 451 g/mol. The van der Waals surface area contributed by atoms with E-state index in [0.717, 1.165) is 19.4 Å². The fourth-order valence-corrected chi connectivity index (χ4v) is 5.52. The lowest BCUT2D eigenvalue weighted by Crippen LogP contribution is -2.84. The highest BCUT2D eigenvalue weighted by Gasteiger charge is 2.69. The summed E-state index contributed by atoms with van der Waals surface area (Å²) in [6.45, 7) is 1.27. The van der Waals surface area contributed by atoms with Crippen LogP contribution in [-0.2, 0) is 9.59 Å². The molecule has 9 nitrogen and oxygen atoms in total. The van der Waals surface area contributed by atoms with Crippen molar-refractivity contribution in [3.63, 3.8) is 0 Å². The number of nitrogens with zero attached hydrogens (tertiary/aromatic N) is 2. The number of hydrogen-bond donors (Lipinski definition) is 4. The van der Waals surface area contributed by atoms with Crippen LogP contribution in [0.4, 0.5) is 4.39 Å². The predicted octanol–water partition coefficient (Wildman–Crippen LogP) is 0.677. The topological polar surface area (TPSA) is 98.0 Å². The molecule has 2 atom stereocenters. The first kappa shape index (κ1) is 22.4. The summed E-state index contributed by atoms with van der Waals surface area (Å²) in [5, 5.41) is 11.6. The number of carbonyl (C=O) groups excluding carboxylic acids is 2. The van der Waals surface area contributed by atoms with Crippen LogP contribution in [0.15, 0.2) is 30.5 Å². The number of ether oxygens (including phenoxy) is 1. The number of likely N-dealkylation sites (N-methyl/N-ethyl adjacent to an activating group) is 1. The Balaban J connectivity index is 1.08. The first-order chi connectivity index (χ1) is 15.8. The minimum absolute atomic E-state index is 0.00342. The van der Waals surface area contributed by atoms with E-state index in [-0.39, 0.29) is 52.4 Å². The normalized spacial score (nSPS) is 32.6. The Labute approximate surface area is 196 Å². The lowest BCUT2D eigenvalue weighted by atomic mass is 9.44. The van der Waals surface area contributed by atoms with Crippen molar-refractivity contribution in [2.24, 2.45) is 0 Å². The molecule has 2 bridgehead atoms. The molecule has 1 aromatic rings. The van der Waals surface area contributed by atoms with Gasteiger partial charge < -0.3 is 20.3 Å². The maximum absolute atomic E-state index is 13.5. The van der Waals surface area contributed by atoms with Crippen molar-refractivity contribution in [1.82, 2.24) is 31.3 Å². The Hall–Kier alpha value is -2.40. The Morgan fingerprint density at radius 2 is 2.03 bits per heavy atom. The zero-order chi connectivity index (χ0) is 23.2. The van der Waals surface area contributed by atoms with E-state index in [2.05, 4.69) is 32.5 Å². The molecule has 4 fully saturated rings. The first-order valence-corrected chi connectivity index (χ1v) is 11.5. The summed E-state index contributed by atoms with van der Waals surface area (Å²) >= 11 is 5.65. The summed E-state index contributed by atoms with van der Waals surface area (Å²) in [5.74, 6) is -0.592. The number of rotatable bonds is 7. The second kappa shape index (κ2) is 8.43. The van der Waals surface area contributed by atoms with E-state index in [1.807, 2.05) is 18.1 Å². The number of amides is 2. The van der Waals surface area contributed by atoms with Gasteiger partial charge in [-0.3, -0.25) is 14.9 Å². The number of hydrazine groups is 1. The highest BCUT2D eigenvalue weighted by Crippen LogP contribution is 2.60. The smallest absolute Gasteiger partial charge is 0.258 e. The van der Waals surface area contributed by atoms with Gasteiger partial charge >= 0.3 is 0 Å². The van der Waals surface area contributed by atoms with Crippen LogP contribution in [0.3, 0.4) is 0 Å². The number of nitrogens with one attached hydrogen (secondary N) is 4. The fraction of sp³-hybridized carbons (Fsp3) is 0.545. The molecule has 2 aliphatic heterocycles. The maximum Gasteiger partial charge on any atom is 0.258 e. The van der Waals surface area contributed by atoms with Gasteiger partial charge in [-0.15, -0.1) is 0 Å². The summed E-state index contributed by atoms with van der Waals surface area (Å²) in [6.07, 6.45) is 6.90. The molecule has 5 aliphatic rings. The summed E-state index contributed by atoms with van der Waals surface area (Å²) in [7, 11) is 1.92. The third-order valence-electron chi connectivity index (χ3n) is 6.98. The SMILES string of the molecule is CN1C=CC(N2CNCN2)CC1C(=O)NC12CC(NC(=O)COc3ccc(Cl)c(F)c3)(C1)C2. The van der Waals surface area contributed by atoms with Crippen molar-refractivity contribution in [1.29, 1.82) is 0 Å². The highest BCUT2D eigenvalue weighted by molar-refractivity contribution is 6.30. The van der Waals surface area contributed by atoms with Gasteiger partial charge in [0.1, 0.15) is 17.6 Å². The van der Waals surface area contributed by atoms with Crippen molar-refractivity contribution in [2.45, 2.75) is 48.8 Å². The zero-order valence-electron chi connectivity index (χ0n) is 18.4.